The smallest absolute Gasteiger partial charge is 0.244 e. The molecule has 100 valence electrons. The van der Waals surface area contributed by atoms with Gasteiger partial charge in [0.15, 0.2) is 0 Å². The molecule has 1 heterocycles. The average Bonchev–Trinajstić information content (AvgIpc) is 2.28. The molecule has 1 aliphatic heterocycles. The molecule has 1 aliphatic rings. The Kier molecular flexibility index (Phi) is 3.96. The molecule has 0 saturated carbocycles. The van der Waals surface area contributed by atoms with Crippen LogP contribution in [0.1, 0.15) is 13.8 Å². The van der Waals surface area contributed by atoms with Crippen LogP contribution in [0.15, 0.2) is 29.2 Å². The Hall–Kier alpha value is -0.620. The van der Waals surface area contributed by atoms with E-state index in [4.69, 9.17) is 16.3 Å². The first-order chi connectivity index (χ1) is 8.41. The molecule has 0 radical (unpaired) electrons. The van der Waals surface area contributed by atoms with Crippen LogP contribution < -0.4 is 0 Å². The van der Waals surface area contributed by atoms with Gasteiger partial charge in [-0.3, -0.25) is 0 Å². The maximum absolute atomic E-state index is 12.5. The SMILES string of the molecule is C[C@@H]1CN(S(=O)(=O)c2ccccc2Cl)C[C@@H](C)O1. The number of rotatable bonds is 2. The second-order valence-corrected chi connectivity index (χ2v) is 6.82. The largest absolute Gasteiger partial charge is 0.373 e. The molecule has 0 bridgehead atoms. The second-order valence-electron chi connectivity index (χ2n) is 4.51. The van der Waals surface area contributed by atoms with Crippen LogP contribution in [0.5, 0.6) is 0 Å². The predicted octanol–water partition coefficient (Wildman–Crippen LogP) is 2.14. The van der Waals surface area contributed by atoms with Crippen molar-refractivity contribution in [1.82, 2.24) is 4.31 Å². The van der Waals surface area contributed by atoms with Crippen LogP contribution in [0.4, 0.5) is 0 Å². The number of nitrogens with zero attached hydrogens (tertiary/aromatic N) is 1. The van der Waals surface area contributed by atoms with Crippen molar-refractivity contribution in [2.75, 3.05) is 13.1 Å². The highest BCUT2D eigenvalue weighted by Crippen LogP contribution is 2.26. The minimum atomic E-state index is -3.54. The number of halogens is 1. The molecule has 1 saturated heterocycles. The highest BCUT2D eigenvalue weighted by Gasteiger charge is 2.33. The van der Waals surface area contributed by atoms with Gasteiger partial charge in [-0.05, 0) is 26.0 Å². The zero-order valence-corrected chi connectivity index (χ0v) is 11.9. The van der Waals surface area contributed by atoms with Crippen molar-refractivity contribution < 1.29 is 13.2 Å². The van der Waals surface area contributed by atoms with Crippen molar-refractivity contribution >= 4 is 21.6 Å². The molecule has 0 aromatic heterocycles. The monoisotopic (exact) mass is 289 g/mol. The zero-order valence-electron chi connectivity index (χ0n) is 10.3. The van der Waals surface area contributed by atoms with Crippen molar-refractivity contribution in [3.8, 4) is 0 Å². The normalized spacial score (nSPS) is 26.2. The predicted molar refractivity (Wildman–Crippen MR) is 70.2 cm³/mol. The van der Waals surface area contributed by atoms with Crippen molar-refractivity contribution in [2.45, 2.75) is 31.0 Å². The lowest BCUT2D eigenvalue weighted by molar-refractivity contribution is -0.0440. The van der Waals surface area contributed by atoms with E-state index in [2.05, 4.69) is 0 Å². The van der Waals surface area contributed by atoms with E-state index >= 15 is 0 Å². The summed E-state index contributed by atoms with van der Waals surface area (Å²) in [4.78, 5) is 0.160. The van der Waals surface area contributed by atoms with Crippen molar-refractivity contribution in [1.29, 1.82) is 0 Å². The maximum atomic E-state index is 12.5. The summed E-state index contributed by atoms with van der Waals surface area (Å²) in [6.07, 6.45) is -0.211. The van der Waals surface area contributed by atoms with Gasteiger partial charge < -0.3 is 4.74 Å². The molecule has 2 atom stereocenters. The van der Waals surface area contributed by atoms with Gasteiger partial charge in [0.1, 0.15) is 4.90 Å². The zero-order chi connectivity index (χ0) is 13.3. The molecule has 4 nitrogen and oxygen atoms in total. The molecule has 1 aromatic carbocycles. The number of hydrogen-bond acceptors (Lipinski definition) is 3. The van der Waals surface area contributed by atoms with E-state index in [0.29, 0.717) is 13.1 Å². The van der Waals surface area contributed by atoms with E-state index in [1.165, 1.54) is 10.4 Å². The first-order valence-electron chi connectivity index (χ1n) is 5.81. The Bertz CT molecular complexity index is 522. The minimum Gasteiger partial charge on any atom is -0.373 e. The molecule has 1 fully saturated rings. The fraction of sp³-hybridized carbons (Fsp3) is 0.500. The molecule has 2 rings (SSSR count). The molecule has 18 heavy (non-hydrogen) atoms. The van der Waals surface area contributed by atoms with Gasteiger partial charge in [0.05, 0.1) is 17.2 Å². The van der Waals surface area contributed by atoms with Gasteiger partial charge in [-0.15, -0.1) is 0 Å². The third-order valence-corrected chi connectivity index (χ3v) is 5.17. The molecule has 6 heteroatoms. The Morgan fingerprint density at radius 2 is 1.78 bits per heavy atom. The summed E-state index contributed by atoms with van der Waals surface area (Å²) in [6.45, 7) is 4.45. The van der Waals surface area contributed by atoms with E-state index in [1.54, 1.807) is 18.2 Å². The van der Waals surface area contributed by atoms with Gasteiger partial charge in [-0.1, -0.05) is 23.7 Å². The average molecular weight is 290 g/mol. The summed E-state index contributed by atoms with van der Waals surface area (Å²) in [5.41, 5.74) is 0. The lowest BCUT2D eigenvalue weighted by Crippen LogP contribution is -2.48. The molecule has 0 aliphatic carbocycles. The third-order valence-electron chi connectivity index (χ3n) is 2.84. The highest BCUT2D eigenvalue weighted by atomic mass is 35.5. The number of morpholine rings is 1. The van der Waals surface area contributed by atoms with Crippen LogP contribution >= 0.6 is 11.6 Å². The Morgan fingerprint density at radius 3 is 2.33 bits per heavy atom. The summed E-state index contributed by atoms with van der Waals surface area (Å²) in [5, 5.41) is 0.254. The molecule has 1 aromatic rings. The minimum absolute atomic E-state index is 0.106. The van der Waals surface area contributed by atoms with Crippen molar-refractivity contribution in [2.24, 2.45) is 0 Å². The number of ether oxygens (including phenoxy) is 1. The van der Waals surface area contributed by atoms with E-state index in [-0.39, 0.29) is 22.1 Å². The fourth-order valence-corrected chi connectivity index (χ4v) is 4.20. The summed E-state index contributed by atoms with van der Waals surface area (Å²) in [7, 11) is -3.54. The van der Waals surface area contributed by atoms with Gasteiger partial charge >= 0.3 is 0 Å². The Balaban J connectivity index is 2.34. The third kappa shape index (κ3) is 2.69. The van der Waals surface area contributed by atoms with Crippen LogP contribution in [0.3, 0.4) is 0 Å². The molecule has 0 spiro atoms. The summed E-state index contributed by atoms with van der Waals surface area (Å²) >= 11 is 5.96. The molecular formula is C12H16ClNO3S. The van der Waals surface area contributed by atoms with E-state index in [1.807, 2.05) is 13.8 Å². The van der Waals surface area contributed by atoms with Gasteiger partial charge in [-0.2, -0.15) is 4.31 Å². The van der Waals surface area contributed by atoms with E-state index < -0.39 is 10.0 Å². The number of sulfonamides is 1. The summed E-state index contributed by atoms with van der Waals surface area (Å²) in [6, 6.07) is 6.50. The van der Waals surface area contributed by atoms with Crippen LogP contribution in [0.2, 0.25) is 5.02 Å². The Labute approximate surface area is 113 Å². The first kappa shape index (κ1) is 13.8. The highest BCUT2D eigenvalue weighted by molar-refractivity contribution is 7.89. The number of hydrogen-bond donors (Lipinski definition) is 0. The summed E-state index contributed by atoms with van der Waals surface area (Å²) in [5.74, 6) is 0. The molecule has 0 amide bonds. The topological polar surface area (TPSA) is 46.6 Å². The van der Waals surface area contributed by atoms with Crippen molar-refractivity contribution in [3.63, 3.8) is 0 Å². The van der Waals surface area contributed by atoms with E-state index in [9.17, 15) is 8.42 Å². The van der Waals surface area contributed by atoms with Gasteiger partial charge in [0, 0.05) is 13.1 Å². The van der Waals surface area contributed by atoms with Crippen molar-refractivity contribution in [3.05, 3.63) is 29.3 Å². The quantitative estimate of drug-likeness (QED) is 0.838. The van der Waals surface area contributed by atoms with Crippen LogP contribution in [-0.2, 0) is 14.8 Å². The van der Waals surface area contributed by atoms with E-state index in [0.717, 1.165) is 0 Å². The second kappa shape index (κ2) is 5.17. The molecular weight excluding hydrogens is 274 g/mol. The lowest BCUT2D eigenvalue weighted by atomic mass is 10.3. The van der Waals surface area contributed by atoms with Gasteiger partial charge in [-0.25, -0.2) is 8.42 Å². The summed E-state index contributed by atoms with van der Waals surface area (Å²) < 4.78 is 31.9. The first-order valence-corrected chi connectivity index (χ1v) is 7.63. The number of benzene rings is 1. The van der Waals surface area contributed by atoms with Gasteiger partial charge in [0.25, 0.3) is 0 Å². The van der Waals surface area contributed by atoms with Crippen LogP contribution in [0, 0.1) is 0 Å². The standard InChI is InChI=1S/C12H16ClNO3S/c1-9-7-14(8-10(2)17-9)18(15,16)12-6-4-3-5-11(12)13/h3-6,9-10H,7-8H2,1-2H3/t9-,10-/m1/s1. The fourth-order valence-electron chi connectivity index (χ4n) is 2.12. The Morgan fingerprint density at radius 1 is 1.22 bits per heavy atom. The lowest BCUT2D eigenvalue weighted by Gasteiger charge is -2.34. The molecule has 0 unspecified atom stereocenters. The maximum Gasteiger partial charge on any atom is 0.244 e. The van der Waals surface area contributed by atoms with Crippen LogP contribution in [-0.4, -0.2) is 38.0 Å². The van der Waals surface area contributed by atoms with Gasteiger partial charge in [0.2, 0.25) is 10.0 Å². The van der Waals surface area contributed by atoms with Crippen LogP contribution in [0.25, 0.3) is 0 Å². The molecule has 0 N–H and O–H groups in total.